The van der Waals surface area contributed by atoms with Crippen LogP contribution in [0, 0.1) is 0 Å². The number of nitrogens with zero attached hydrogens (tertiary/aromatic N) is 2. The van der Waals surface area contributed by atoms with Gasteiger partial charge in [-0.3, -0.25) is 0 Å². The van der Waals surface area contributed by atoms with E-state index in [2.05, 4.69) is 15.5 Å². The molecule has 0 atom stereocenters. The van der Waals surface area contributed by atoms with Crippen LogP contribution in [0.1, 0.15) is 21.5 Å². The van der Waals surface area contributed by atoms with Gasteiger partial charge in [0.25, 0.3) is 0 Å². The number of alkyl halides is 3. The number of rotatable bonds is 6. The smallest absolute Gasteiger partial charge is 0.418 e. The first-order valence-electron chi connectivity index (χ1n) is 7.55. The van der Waals surface area contributed by atoms with Crippen LogP contribution in [-0.2, 0) is 11.9 Å². The molecule has 3 rings (SSSR count). The number of aromatic nitrogens is 2. The normalized spacial score (nSPS) is 11.4. The predicted molar refractivity (Wildman–Crippen MR) is 97.6 cm³/mol. The van der Waals surface area contributed by atoms with E-state index in [1.165, 1.54) is 42.1 Å². The van der Waals surface area contributed by atoms with Gasteiger partial charge in [-0.25, -0.2) is 4.79 Å². The molecular weight excluding hydrogens is 399 g/mol. The van der Waals surface area contributed by atoms with Gasteiger partial charge in [0.2, 0.25) is 5.13 Å². The molecule has 0 spiro atoms. The van der Waals surface area contributed by atoms with Gasteiger partial charge in [0.05, 0.1) is 16.8 Å². The van der Waals surface area contributed by atoms with Gasteiger partial charge in [0, 0.05) is 5.75 Å². The molecule has 0 saturated carbocycles. The predicted octanol–water partition coefficient (Wildman–Crippen LogP) is 5.29. The number of benzene rings is 2. The fraction of sp³-hybridized carbons (Fsp3) is 0.118. The number of carboxylic acids is 1. The molecule has 0 radical (unpaired) electrons. The van der Waals surface area contributed by atoms with Crippen molar-refractivity contribution in [3.05, 3.63) is 65.2 Å². The third kappa shape index (κ3) is 4.98. The van der Waals surface area contributed by atoms with Gasteiger partial charge < -0.3 is 10.4 Å². The summed E-state index contributed by atoms with van der Waals surface area (Å²) >= 11 is 2.51. The molecule has 0 saturated heterocycles. The van der Waals surface area contributed by atoms with Crippen molar-refractivity contribution >= 4 is 39.9 Å². The van der Waals surface area contributed by atoms with E-state index in [4.69, 9.17) is 5.11 Å². The van der Waals surface area contributed by atoms with Crippen LogP contribution in [0.4, 0.5) is 24.0 Å². The minimum Gasteiger partial charge on any atom is -0.478 e. The minimum absolute atomic E-state index is 0.0815. The molecule has 10 heteroatoms. The lowest BCUT2D eigenvalue weighted by Crippen LogP contribution is -2.08. The van der Waals surface area contributed by atoms with Crippen molar-refractivity contribution < 1.29 is 23.1 Å². The molecule has 140 valence electrons. The number of carboxylic acid groups (broad SMARTS) is 1. The molecule has 2 aromatic carbocycles. The number of nitrogens with one attached hydrogen (secondary N) is 1. The zero-order chi connectivity index (χ0) is 19.4. The molecule has 3 aromatic rings. The number of halogens is 3. The van der Waals surface area contributed by atoms with Crippen LogP contribution in [-0.4, -0.2) is 21.3 Å². The molecule has 1 heterocycles. The average Bonchev–Trinajstić information content (AvgIpc) is 3.07. The second-order valence-corrected chi connectivity index (χ2v) is 7.53. The lowest BCUT2D eigenvalue weighted by atomic mass is 10.1. The molecule has 27 heavy (non-hydrogen) atoms. The Morgan fingerprint density at radius 2 is 1.81 bits per heavy atom. The third-order valence-electron chi connectivity index (χ3n) is 3.44. The van der Waals surface area contributed by atoms with Gasteiger partial charge >= 0.3 is 12.1 Å². The Hall–Kier alpha value is -2.59. The number of hydrogen-bond donors (Lipinski definition) is 2. The fourth-order valence-corrected chi connectivity index (χ4v) is 3.88. The van der Waals surface area contributed by atoms with Crippen molar-refractivity contribution in [2.75, 3.05) is 5.32 Å². The Bertz CT molecular complexity index is 943. The number of carbonyl (C=O) groups is 1. The van der Waals surface area contributed by atoms with Crippen molar-refractivity contribution in [1.29, 1.82) is 0 Å². The van der Waals surface area contributed by atoms with Gasteiger partial charge in [0.15, 0.2) is 4.34 Å². The summed E-state index contributed by atoms with van der Waals surface area (Å²) in [5.74, 6) is -0.457. The summed E-state index contributed by atoms with van der Waals surface area (Å²) in [5, 5.41) is 19.6. The van der Waals surface area contributed by atoms with E-state index in [-0.39, 0.29) is 16.4 Å². The standard InChI is InChI=1S/C17H12F3N3O2S2/c18-17(19,20)12-3-1-2-4-13(12)21-15-22-23-16(27-15)26-9-10-5-7-11(8-6-10)14(24)25/h1-8H,9H2,(H,21,22)(H,24,25). The molecule has 0 aliphatic rings. The molecule has 5 nitrogen and oxygen atoms in total. The Morgan fingerprint density at radius 1 is 1.11 bits per heavy atom. The summed E-state index contributed by atoms with van der Waals surface area (Å²) in [5.41, 5.74) is 0.251. The van der Waals surface area contributed by atoms with E-state index < -0.39 is 17.7 Å². The maximum absolute atomic E-state index is 13.0. The average molecular weight is 411 g/mol. The minimum atomic E-state index is -4.46. The molecule has 2 N–H and O–H groups in total. The van der Waals surface area contributed by atoms with E-state index in [0.29, 0.717) is 10.1 Å². The Balaban J connectivity index is 1.65. The zero-order valence-corrected chi connectivity index (χ0v) is 15.2. The number of thioether (sulfide) groups is 1. The Kier molecular flexibility index (Phi) is 5.66. The van der Waals surface area contributed by atoms with Crippen LogP contribution < -0.4 is 5.32 Å². The topological polar surface area (TPSA) is 75.1 Å². The van der Waals surface area contributed by atoms with Gasteiger partial charge in [-0.15, -0.1) is 10.2 Å². The SMILES string of the molecule is O=C(O)c1ccc(CSc2nnc(Nc3ccccc3C(F)(F)F)s2)cc1. The quantitative estimate of drug-likeness (QED) is 0.537. The number of aromatic carboxylic acids is 1. The summed E-state index contributed by atoms with van der Waals surface area (Å²) in [6, 6.07) is 11.6. The van der Waals surface area contributed by atoms with Gasteiger partial charge in [0.1, 0.15) is 0 Å². The molecule has 0 aliphatic carbocycles. The van der Waals surface area contributed by atoms with Crippen molar-refractivity contribution in [3.8, 4) is 0 Å². The fourth-order valence-electron chi connectivity index (χ4n) is 2.16. The first-order chi connectivity index (χ1) is 12.8. The lowest BCUT2D eigenvalue weighted by Gasteiger charge is -2.12. The van der Waals surface area contributed by atoms with E-state index >= 15 is 0 Å². The molecular formula is C17H12F3N3O2S2. The molecule has 0 amide bonds. The highest BCUT2D eigenvalue weighted by molar-refractivity contribution is 8.00. The highest BCUT2D eigenvalue weighted by Crippen LogP contribution is 2.37. The summed E-state index contributed by atoms with van der Waals surface area (Å²) in [6.07, 6.45) is -4.46. The number of anilines is 2. The molecule has 0 fully saturated rings. The van der Waals surface area contributed by atoms with Gasteiger partial charge in [-0.1, -0.05) is 47.4 Å². The van der Waals surface area contributed by atoms with E-state index in [1.54, 1.807) is 12.1 Å². The summed E-state index contributed by atoms with van der Waals surface area (Å²) in [4.78, 5) is 10.8. The second kappa shape index (κ2) is 7.97. The van der Waals surface area contributed by atoms with E-state index in [9.17, 15) is 18.0 Å². The Morgan fingerprint density at radius 3 is 2.48 bits per heavy atom. The highest BCUT2D eigenvalue weighted by atomic mass is 32.2. The van der Waals surface area contributed by atoms with E-state index in [0.717, 1.165) is 23.0 Å². The van der Waals surface area contributed by atoms with Crippen molar-refractivity contribution in [2.45, 2.75) is 16.3 Å². The Labute approximate surface area is 160 Å². The van der Waals surface area contributed by atoms with E-state index in [1.807, 2.05) is 0 Å². The number of hydrogen-bond acceptors (Lipinski definition) is 6. The van der Waals surface area contributed by atoms with Crippen molar-refractivity contribution in [2.24, 2.45) is 0 Å². The molecule has 0 bridgehead atoms. The second-order valence-electron chi connectivity index (χ2n) is 5.33. The van der Waals surface area contributed by atoms with Gasteiger partial charge in [-0.05, 0) is 29.8 Å². The first kappa shape index (κ1) is 19.2. The summed E-state index contributed by atoms with van der Waals surface area (Å²) in [6.45, 7) is 0. The van der Waals surface area contributed by atoms with Gasteiger partial charge in [-0.2, -0.15) is 13.2 Å². The highest BCUT2D eigenvalue weighted by Gasteiger charge is 2.33. The third-order valence-corrected chi connectivity index (χ3v) is 5.49. The molecule has 0 aliphatic heterocycles. The van der Waals surface area contributed by atoms with Crippen LogP contribution in [0.15, 0.2) is 52.9 Å². The summed E-state index contributed by atoms with van der Waals surface area (Å²) < 4.78 is 39.7. The maximum Gasteiger partial charge on any atom is 0.418 e. The molecule has 1 aromatic heterocycles. The van der Waals surface area contributed by atoms with Crippen LogP contribution in [0.25, 0.3) is 0 Å². The lowest BCUT2D eigenvalue weighted by molar-refractivity contribution is -0.136. The van der Waals surface area contributed by atoms with Crippen LogP contribution in [0.3, 0.4) is 0 Å². The molecule has 0 unspecified atom stereocenters. The monoisotopic (exact) mass is 411 g/mol. The largest absolute Gasteiger partial charge is 0.478 e. The zero-order valence-electron chi connectivity index (χ0n) is 13.5. The van der Waals surface area contributed by atoms with Crippen molar-refractivity contribution in [3.63, 3.8) is 0 Å². The van der Waals surface area contributed by atoms with Crippen LogP contribution in [0.2, 0.25) is 0 Å². The first-order valence-corrected chi connectivity index (χ1v) is 9.35. The van der Waals surface area contributed by atoms with Crippen molar-refractivity contribution in [1.82, 2.24) is 10.2 Å². The summed E-state index contributed by atoms with van der Waals surface area (Å²) in [7, 11) is 0. The maximum atomic E-state index is 13.0. The van der Waals surface area contributed by atoms with Crippen LogP contribution in [0.5, 0.6) is 0 Å². The van der Waals surface area contributed by atoms with Crippen LogP contribution >= 0.6 is 23.1 Å². The number of para-hydroxylation sites is 1.